The van der Waals surface area contributed by atoms with E-state index in [0.29, 0.717) is 11.5 Å². The number of hydrogen-bond acceptors (Lipinski definition) is 1. The number of amides is 1. The number of nitrogens with two attached hydrogens (primary N) is 1. The highest BCUT2D eigenvalue weighted by molar-refractivity contribution is 5.92. The second kappa shape index (κ2) is 11.2. The maximum Gasteiger partial charge on any atom is 0.244 e. The number of primary amides is 1. The van der Waals surface area contributed by atoms with E-state index < -0.39 is 0 Å². The zero-order chi connectivity index (χ0) is 13.8. The predicted octanol–water partition coefficient (Wildman–Crippen LogP) is 3.99. The van der Waals surface area contributed by atoms with Crippen molar-refractivity contribution in [2.24, 2.45) is 11.7 Å². The van der Waals surface area contributed by atoms with Crippen molar-refractivity contribution in [2.75, 3.05) is 0 Å². The lowest BCUT2D eigenvalue weighted by atomic mass is 9.98. The summed E-state index contributed by atoms with van der Waals surface area (Å²) in [6.07, 6.45) is 7.39. The lowest BCUT2D eigenvalue weighted by Gasteiger charge is -2.08. The lowest BCUT2D eigenvalue weighted by Crippen LogP contribution is -2.13. The van der Waals surface area contributed by atoms with E-state index in [0.717, 1.165) is 18.4 Å². The Kier molecular flexibility index (Phi) is 11.9. The molecule has 0 saturated carbocycles. The van der Waals surface area contributed by atoms with Crippen molar-refractivity contribution in [1.29, 1.82) is 0 Å². The molecule has 1 amide bonds. The van der Waals surface area contributed by atoms with Gasteiger partial charge in [0.25, 0.3) is 0 Å². The van der Waals surface area contributed by atoms with Crippen molar-refractivity contribution in [1.82, 2.24) is 0 Å². The summed E-state index contributed by atoms with van der Waals surface area (Å²) in [6.45, 7) is 13.7. The first-order valence-electron chi connectivity index (χ1n) is 6.27. The highest BCUT2D eigenvalue weighted by Crippen LogP contribution is 2.16. The third-order valence-electron chi connectivity index (χ3n) is 2.28. The van der Waals surface area contributed by atoms with Gasteiger partial charge in [-0.1, -0.05) is 52.5 Å². The molecular weight excluding hydrogens is 210 g/mol. The first-order chi connectivity index (χ1) is 7.99. The molecule has 0 aliphatic heterocycles. The molecule has 0 fully saturated rings. The molecule has 0 aliphatic rings. The molecule has 0 spiro atoms. The van der Waals surface area contributed by atoms with Crippen LogP contribution in [0.3, 0.4) is 0 Å². The third-order valence-corrected chi connectivity index (χ3v) is 2.28. The van der Waals surface area contributed by atoms with Crippen LogP contribution >= 0.6 is 0 Å². The second-order valence-corrected chi connectivity index (χ2v) is 4.04. The molecule has 2 nitrogen and oxygen atoms in total. The zero-order valence-corrected chi connectivity index (χ0v) is 11.9. The molecule has 0 heterocycles. The zero-order valence-electron chi connectivity index (χ0n) is 11.9. The Hall–Kier alpha value is -1.31. The lowest BCUT2D eigenvalue weighted by molar-refractivity contribution is -0.114. The van der Waals surface area contributed by atoms with Crippen LogP contribution in [-0.2, 0) is 4.79 Å². The molecule has 0 unspecified atom stereocenters. The van der Waals surface area contributed by atoms with E-state index in [9.17, 15) is 4.79 Å². The van der Waals surface area contributed by atoms with Crippen molar-refractivity contribution in [2.45, 2.75) is 47.5 Å². The van der Waals surface area contributed by atoms with Gasteiger partial charge >= 0.3 is 0 Å². The Balaban J connectivity index is 0. The van der Waals surface area contributed by atoms with Crippen LogP contribution in [0.1, 0.15) is 47.5 Å². The van der Waals surface area contributed by atoms with Gasteiger partial charge in [0.15, 0.2) is 0 Å². The number of rotatable bonds is 6. The fraction of sp³-hybridized carbons (Fsp3) is 0.533. The van der Waals surface area contributed by atoms with Crippen molar-refractivity contribution >= 4 is 5.91 Å². The molecule has 2 heteroatoms. The summed E-state index contributed by atoms with van der Waals surface area (Å²) in [7, 11) is 0. The second-order valence-electron chi connectivity index (χ2n) is 4.04. The van der Waals surface area contributed by atoms with Crippen LogP contribution in [-0.4, -0.2) is 5.91 Å². The molecule has 0 rings (SSSR count). The van der Waals surface area contributed by atoms with Gasteiger partial charge in [-0.15, -0.1) is 0 Å². The SMILES string of the molecule is C=C/C=C\C(CCC(C)C)=C(/C)C(N)=O.CC. The van der Waals surface area contributed by atoms with Crippen LogP contribution in [0.25, 0.3) is 0 Å². The van der Waals surface area contributed by atoms with Crippen LogP contribution in [0, 0.1) is 5.92 Å². The van der Waals surface area contributed by atoms with E-state index in [1.165, 1.54) is 0 Å². The van der Waals surface area contributed by atoms with E-state index in [2.05, 4.69) is 20.4 Å². The Morgan fingerprint density at radius 1 is 1.35 bits per heavy atom. The average Bonchev–Trinajstić information content (AvgIpc) is 2.30. The fourth-order valence-electron chi connectivity index (χ4n) is 1.18. The highest BCUT2D eigenvalue weighted by Gasteiger charge is 2.05. The van der Waals surface area contributed by atoms with Gasteiger partial charge in [0.1, 0.15) is 0 Å². The minimum atomic E-state index is -0.345. The van der Waals surface area contributed by atoms with E-state index >= 15 is 0 Å². The molecular formula is C15H27NO. The van der Waals surface area contributed by atoms with E-state index in [1.807, 2.05) is 26.0 Å². The minimum Gasteiger partial charge on any atom is -0.366 e. The molecule has 2 N–H and O–H groups in total. The molecule has 0 aromatic rings. The van der Waals surface area contributed by atoms with Crippen LogP contribution < -0.4 is 5.73 Å². The standard InChI is InChI=1S/C13H21NO.C2H6/c1-5-6-7-12(9-8-10(2)3)11(4)13(14)15;1-2/h5-7,10H,1,8-9H2,2-4H3,(H2,14,15);1-2H3/b7-6-,12-11-;. The fourth-order valence-corrected chi connectivity index (χ4v) is 1.18. The Bertz CT molecular complexity index is 285. The third kappa shape index (κ3) is 9.61. The molecule has 0 bridgehead atoms. The van der Waals surface area contributed by atoms with Crippen molar-refractivity contribution < 1.29 is 4.79 Å². The Labute approximate surface area is 106 Å². The predicted molar refractivity (Wildman–Crippen MR) is 76.7 cm³/mol. The molecule has 0 aliphatic carbocycles. The van der Waals surface area contributed by atoms with Crippen LogP contribution in [0.4, 0.5) is 0 Å². The van der Waals surface area contributed by atoms with Gasteiger partial charge in [0.05, 0.1) is 0 Å². The summed E-state index contributed by atoms with van der Waals surface area (Å²) in [6, 6.07) is 0. The Morgan fingerprint density at radius 2 is 1.88 bits per heavy atom. The van der Waals surface area contributed by atoms with Crippen LogP contribution in [0.15, 0.2) is 36.0 Å². The average molecular weight is 237 g/mol. The maximum atomic E-state index is 11.1. The quantitative estimate of drug-likeness (QED) is 0.551. The summed E-state index contributed by atoms with van der Waals surface area (Å²) in [4.78, 5) is 11.1. The Morgan fingerprint density at radius 3 is 2.24 bits per heavy atom. The summed E-state index contributed by atoms with van der Waals surface area (Å²) < 4.78 is 0. The highest BCUT2D eigenvalue weighted by atomic mass is 16.1. The topological polar surface area (TPSA) is 43.1 Å². The van der Waals surface area contributed by atoms with Gasteiger partial charge in [-0.2, -0.15) is 0 Å². The summed E-state index contributed by atoms with van der Waals surface area (Å²) in [5.41, 5.74) is 6.92. The molecule has 0 aromatic heterocycles. The van der Waals surface area contributed by atoms with Gasteiger partial charge in [0, 0.05) is 5.57 Å². The smallest absolute Gasteiger partial charge is 0.244 e. The monoisotopic (exact) mass is 237 g/mol. The van der Waals surface area contributed by atoms with E-state index in [4.69, 9.17) is 5.73 Å². The molecule has 0 radical (unpaired) electrons. The summed E-state index contributed by atoms with van der Waals surface area (Å²) in [5, 5.41) is 0. The number of carbonyl (C=O) groups excluding carboxylic acids is 1. The molecule has 0 atom stereocenters. The largest absolute Gasteiger partial charge is 0.366 e. The van der Waals surface area contributed by atoms with Gasteiger partial charge in [-0.3, -0.25) is 4.79 Å². The summed E-state index contributed by atoms with van der Waals surface area (Å²) in [5.74, 6) is 0.278. The first-order valence-corrected chi connectivity index (χ1v) is 6.27. The van der Waals surface area contributed by atoms with Gasteiger partial charge in [-0.05, 0) is 31.3 Å². The maximum absolute atomic E-state index is 11.1. The molecule has 0 saturated heterocycles. The van der Waals surface area contributed by atoms with Crippen LogP contribution in [0.5, 0.6) is 0 Å². The van der Waals surface area contributed by atoms with Crippen LogP contribution in [0.2, 0.25) is 0 Å². The van der Waals surface area contributed by atoms with Gasteiger partial charge in [0.2, 0.25) is 5.91 Å². The number of hydrogen-bond donors (Lipinski definition) is 1. The van der Waals surface area contributed by atoms with Crippen molar-refractivity contribution in [3.63, 3.8) is 0 Å². The summed E-state index contributed by atoms with van der Waals surface area (Å²) >= 11 is 0. The normalized spacial score (nSPS) is 11.9. The van der Waals surface area contributed by atoms with Crippen molar-refractivity contribution in [3.05, 3.63) is 36.0 Å². The van der Waals surface area contributed by atoms with E-state index in [1.54, 1.807) is 13.0 Å². The number of carbonyl (C=O) groups is 1. The van der Waals surface area contributed by atoms with Gasteiger partial charge < -0.3 is 5.73 Å². The van der Waals surface area contributed by atoms with Gasteiger partial charge in [-0.25, -0.2) is 0 Å². The van der Waals surface area contributed by atoms with E-state index in [-0.39, 0.29) is 5.91 Å². The molecule has 98 valence electrons. The molecule has 0 aromatic carbocycles. The molecule has 17 heavy (non-hydrogen) atoms. The first kappa shape index (κ1) is 18.1. The minimum absolute atomic E-state index is 0.345. The number of allylic oxidation sites excluding steroid dienone is 4. The van der Waals surface area contributed by atoms with Crippen molar-refractivity contribution in [3.8, 4) is 0 Å².